The van der Waals surface area contributed by atoms with Crippen LogP contribution < -0.4 is 5.73 Å². The maximum Gasteiger partial charge on any atom is 0.129 e. The molecule has 1 unspecified atom stereocenters. The molecule has 0 aromatic heterocycles. The van der Waals surface area contributed by atoms with Crippen LogP contribution in [-0.4, -0.2) is 0 Å². The van der Waals surface area contributed by atoms with Crippen LogP contribution in [0, 0.1) is 11.7 Å². The first-order valence-electron chi connectivity index (χ1n) is 4.39. The molecule has 0 bridgehead atoms. The van der Waals surface area contributed by atoms with Crippen LogP contribution >= 0.6 is 11.6 Å². The Kier molecular flexibility index (Phi) is 2.26. The van der Waals surface area contributed by atoms with Gasteiger partial charge in [-0.3, -0.25) is 0 Å². The lowest BCUT2D eigenvalue weighted by molar-refractivity contribution is 0.554. The topological polar surface area (TPSA) is 26.0 Å². The molecule has 1 aromatic carbocycles. The summed E-state index contributed by atoms with van der Waals surface area (Å²) in [4.78, 5) is 0. The zero-order valence-corrected chi connectivity index (χ0v) is 7.89. The van der Waals surface area contributed by atoms with Gasteiger partial charge >= 0.3 is 0 Å². The maximum absolute atomic E-state index is 13.3. The molecule has 1 aliphatic carbocycles. The van der Waals surface area contributed by atoms with Crippen LogP contribution in [0.15, 0.2) is 18.2 Å². The van der Waals surface area contributed by atoms with Gasteiger partial charge in [0.15, 0.2) is 0 Å². The third kappa shape index (κ3) is 1.84. The highest BCUT2D eigenvalue weighted by Gasteiger charge is 2.30. The lowest BCUT2D eigenvalue weighted by atomic mass is 10.0. The molecule has 1 aliphatic rings. The van der Waals surface area contributed by atoms with Crippen molar-refractivity contribution >= 4 is 11.6 Å². The van der Waals surface area contributed by atoms with Crippen LogP contribution in [0.25, 0.3) is 0 Å². The molecular formula is C10H11ClFN. The first-order valence-corrected chi connectivity index (χ1v) is 4.77. The SMILES string of the molecule is NC(c1ccc(Cl)cc1F)C1CC1. The van der Waals surface area contributed by atoms with Gasteiger partial charge in [0, 0.05) is 16.6 Å². The lowest BCUT2D eigenvalue weighted by Crippen LogP contribution is -2.13. The first kappa shape index (κ1) is 8.97. The number of hydrogen-bond acceptors (Lipinski definition) is 1. The van der Waals surface area contributed by atoms with E-state index in [1.54, 1.807) is 12.1 Å². The molecule has 0 heterocycles. The summed E-state index contributed by atoms with van der Waals surface area (Å²) in [6.45, 7) is 0. The minimum Gasteiger partial charge on any atom is -0.324 e. The molecular weight excluding hydrogens is 189 g/mol. The van der Waals surface area contributed by atoms with Crippen molar-refractivity contribution < 1.29 is 4.39 Å². The molecule has 0 aliphatic heterocycles. The van der Waals surface area contributed by atoms with Gasteiger partial charge in [0.2, 0.25) is 0 Å². The average Bonchev–Trinajstić information content (AvgIpc) is 2.85. The number of nitrogens with two attached hydrogens (primary N) is 1. The van der Waals surface area contributed by atoms with Crippen LogP contribution in [0.5, 0.6) is 0 Å². The molecule has 1 fully saturated rings. The van der Waals surface area contributed by atoms with Gasteiger partial charge in [0.05, 0.1) is 0 Å². The molecule has 1 saturated carbocycles. The van der Waals surface area contributed by atoms with Crippen molar-refractivity contribution in [1.29, 1.82) is 0 Å². The third-order valence-electron chi connectivity index (χ3n) is 2.45. The molecule has 2 N–H and O–H groups in total. The number of halogens is 2. The van der Waals surface area contributed by atoms with E-state index in [1.807, 2.05) is 0 Å². The van der Waals surface area contributed by atoms with E-state index in [2.05, 4.69) is 0 Å². The van der Waals surface area contributed by atoms with E-state index in [9.17, 15) is 4.39 Å². The fourth-order valence-corrected chi connectivity index (χ4v) is 1.64. The van der Waals surface area contributed by atoms with Gasteiger partial charge < -0.3 is 5.73 Å². The van der Waals surface area contributed by atoms with E-state index in [4.69, 9.17) is 17.3 Å². The van der Waals surface area contributed by atoms with Crippen LogP contribution in [0.1, 0.15) is 24.4 Å². The lowest BCUT2D eigenvalue weighted by Gasteiger charge is -2.11. The van der Waals surface area contributed by atoms with Gasteiger partial charge in [-0.15, -0.1) is 0 Å². The highest BCUT2D eigenvalue weighted by atomic mass is 35.5. The van der Waals surface area contributed by atoms with Crippen molar-refractivity contribution in [2.24, 2.45) is 11.7 Å². The summed E-state index contributed by atoms with van der Waals surface area (Å²) in [6, 6.07) is 4.53. The van der Waals surface area contributed by atoms with E-state index in [0.29, 0.717) is 16.5 Å². The second-order valence-corrected chi connectivity index (χ2v) is 3.97. The third-order valence-corrected chi connectivity index (χ3v) is 2.69. The van der Waals surface area contributed by atoms with Gasteiger partial charge in [-0.25, -0.2) is 4.39 Å². The standard InChI is InChI=1S/C10H11ClFN/c11-7-3-4-8(9(12)5-7)10(13)6-1-2-6/h3-6,10H,1-2,13H2. The van der Waals surface area contributed by atoms with Crippen LogP contribution in [0.2, 0.25) is 5.02 Å². The summed E-state index contributed by atoms with van der Waals surface area (Å²) in [7, 11) is 0. The largest absolute Gasteiger partial charge is 0.324 e. The summed E-state index contributed by atoms with van der Waals surface area (Å²) in [5, 5.41) is 0.421. The normalized spacial score (nSPS) is 18.7. The van der Waals surface area contributed by atoms with Crippen molar-refractivity contribution in [2.75, 3.05) is 0 Å². The van der Waals surface area contributed by atoms with Gasteiger partial charge in [-0.05, 0) is 30.9 Å². The van der Waals surface area contributed by atoms with Crippen molar-refractivity contribution in [3.05, 3.63) is 34.6 Å². The van der Waals surface area contributed by atoms with Crippen LogP contribution in [0.3, 0.4) is 0 Å². The van der Waals surface area contributed by atoms with E-state index in [0.717, 1.165) is 12.8 Å². The Morgan fingerprint density at radius 1 is 1.46 bits per heavy atom. The van der Waals surface area contributed by atoms with Crippen molar-refractivity contribution in [3.63, 3.8) is 0 Å². The molecule has 13 heavy (non-hydrogen) atoms. The smallest absolute Gasteiger partial charge is 0.129 e. The van der Waals surface area contributed by atoms with E-state index < -0.39 is 0 Å². The zero-order chi connectivity index (χ0) is 9.42. The van der Waals surface area contributed by atoms with Crippen molar-refractivity contribution in [3.8, 4) is 0 Å². The molecule has 0 amide bonds. The Labute approximate surface area is 81.7 Å². The average molecular weight is 200 g/mol. The van der Waals surface area contributed by atoms with Crippen molar-refractivity contribution in [2.45, 2.75) is 18.9 Å². The predicted molar refractivity (Wildman–Crippen MR) is 51.1 cm³/mol. The number of benzene rings is 1. The molecule has 0 radical (unpaired) electrons. The second-order valence-electron chi connectivity index (χ2n) is 3.53. The Bertz CT molecular complexity index is 323. The van der Waals surface area contributed by atoms with Gasteiger partial charge in [0.1, 0.15) is 5.82 Å². The molecule has 1 aromatic rings. The Morgan fingerprint density at radius 3 is 2.69 bits per heavy atom. The van der Waals surface area contributed by atoms with Gasteiger partial charge in [0.25, 0.3) is 0 Å². The number of rotatable bonds is 2. The molecule has 0 spiro atoms. The Balaban J connectivity index is 2.28. The van der Waals surface area contributed by atoms with Gasteiger partial charge in [-0.1, -0.05) is 17.7 Å². The fourth-order valence-electron chi connectivity index (χ4n) is 1.48. The molecule has 3 heteroatoms. The first-order chi connectivity index (χ1) is 6.18. The van der Waals surface area contributed by atoms with Gasteiger partial charge in [-0.2, -0.15) is 0 Å². The Morgan fingerprint density at radius 2 is 2.15 bits per heavy atom. The summed E-state index contributed by atoms with van der Waals surface area (Å²) < 4.78 is 13.3. The minimum absolute atomic E-state index is 0.155. The minimum atomic E-state index is -0.285. The van der Waals surface area contributed by atoms with E-state index in [-0.39, 0.29) is 11.9 Å². The summed E-state index contributed by atoms with van der Waals surface area (Å²) in [6.07, 6.45) is 2.23. The van der Waals surface area contributed by atoms with E-state index in [1.165, 1.54) is 6.07 Å². The monoisotopic (exact) mass is 199 g/mol. The number of hydrogen-bond donors (Lipinski definition) is 1. The van der Waals surface area contributed by atoms with Crippen LogP contribution in [-0.2, 0) is 0 Å². The van der Waals surface area contributed by atoms with Crippen molar-refractivity contribution in [1.82, 2.24) is 0 Å². The predicted octanol–water partition coefficient (Wildman–Crippen LogP) is 2.89. The molecule has 1 atom stereocenters. The zero-order valence-electron chi connectivity index (χ0n) is 7.13. The van der Waals surface area contributed by atoms with Crippen LogP contribution in [0.4, 0.5) is 4.39 Å². The Hall–Kier alpha value is -0.600. The fraction of sp³-hybridized carbons (Fsp3) is 0.400. The molecule has 0 saturated heterocycles. The second kappa shape index (κ2) is 3.28. The van der Waals surface area contributed by atoms with E-state index >= 15 is 0 Å². The highest BCUT2D eigenvalue weighted by Crippen LogP contribution is 2.40. The molecule has 70 valence electrons. The highest BCUT2D eigenvalue weighted by molar-refractivity contribution is 6.30. The molecule has 1 nitrogen and oxygen atoms in total. The molecule has 2 rings (SSSR count). The summed E-state index contributed by atoms with van der Waals surface area (Å²) in [5.74, 6) is 0.183. The quantitative estimate of drug-likeness (QED) is 0.779. The maximum atomic E-state index is 13.3. The summed E-state index contributed by atoms with van der Waals surface area (Å²) >= 11 is 5.64. The summed E-state index contributed by atoms with van der Waals surface area (Å²) in [5.41, 5.74) is 6.46.